The number of benzene rings is 1. The first kappa shape index (κ1) is 15.1. The Morgan fingerprint density at radius 1 is 1.26 bits per heavy atom. The number of aryl methyl sites for hydroxylation is 1. The number of fused-ring (bicyclic) bond motifs is 1. The van der Waals surface area contributed by atoms with Gasteiger partial charge in [-0.15, -0.1) is 11.3 Å². The SMILES string of the molecule is Cc1nc(/C=C/C(=O)Nc2ccc3c(c2)C(=O)N(C)C3=O)cs1. The Hall–Kier alpha value is -2.80. The normalized spacial score (nSPS) is 13.7. The van der Waals surface area contributed by atoms with Crippen LogP contribution in [0.15, 0.2) is 29.7 Å². The van der Waals surface area contributed by atoms with Gasteiger partial charge in [0.15, 0.2) is 0 Å². The molecule has 2 heterocycles. The second-order valence-corrected chi connectivity index (χ2v) is 6.11. The second kappa shape index (κ2) is 5.77. The van der Waals surface area contributed by atoms with E-state index >= 15 is 0 Å². The van der Waals surface area contributed by atoms with Crippen LogP contribution >= 0.6 is 11.3 Å². The van der Waals surface area contributed by atoms with Crippen molar-refractivity contribution >= 4 is 40.8 Å². The van der Waals surface area contributed by atoms with Gasteiger partial charge in [0.1, 0.15) is 0 Å². The van der Waals surface area contributed by atoms with Crippen molar-refractivity contribution in [3.05, 3.63) is 51.5 Å². The highest BCUT2D eigenvalue weighted by Crippen LogP contribution is 2.24. The van der Waals surface area contributed by atoms with Crippen LogP contribution in [-0.4, -0.2) is 34.7 Å². The second-order valence-electron chi connectivity index (χ2n) is 5.04. The molecule has 23 heavy (non-hydrogen) atoms. The zero-order chi connectivity index (χ0) is 16.6. The van der Waals surface area contributed by atoms with Crippen molar-refractivity contribution in [3.8, 4) is 0 Å². The topological polar surface area (TPSA) is 79.4 Å². The van der Waals surface area contributed by atoms with Crippen molar-refractivity contribution in [2.45, 2.75) is 6.92 Å². The van der Waals surface area contributed by atoms with Crippen LogP contribution in [0.5, 0.6) is 0 Å². The number of carbonyl (C=O) groups excluding carboxylic acids is 3. The molecule has 0 radical (unpaired) electrons. The van der Waals surface area contributed by atoms with Crippen LogP contribution in [0, 0.1) is 6.92 Å². The summed E-state index contributed by atoms with van der Waals surface area (Å²) in [6.07, 6.45) is 3.00. The maximum absolute atomic E-state index is 11.9. The predicted octanol–water partition coefficient (Wildman–Crippen LogP) is 2.33. The van der Waals surface area contributed by atoms with Gasteiger partial charge in [-0.05, 0) is 31.2 Å². The molecule has 7 heteroatoms. The lowest BCUT2D eigenvalue weighted by Gasteiger charge is -2.03. The molecule has 0 bridgehead atoms. The molecule has 1 aliphatic heterocycles. The Morgan fingerprint density at radius 3 is 2.70 bits per heavy atom. The Bertz CT molecular complexity index is 854. The standard InChI is InChI=1S/C16H13N3O3S/c1-9-17-11(8-23-9)4-6-14(20)18-10-3-5-12-13(7-10)16(22)19(2)15(12)21/h3-8H,1-2H3,(H,18,20)/b6-4+. The van der Waals surface area contributed by atoms with Crippen LogP contribution < -0.4 is 5.32 Å². The molecule has 0 saturated heterocycles. The molecule has 116 valence electrons. The van der Waals surface area contributed by atoms with Gasteiger partial charge in [-0.3, -0.25) is 19.3 Å². The number of carbonyl (C=O) groups is 3. The van der Waals surface area contributed by atoms with Crippen LogP contribution in [0.25, 0.3) is 6.08 Å². The van der Waals surface area contributed by atoms with Crippen molar-refractivity contribution in [2.75, 3.05) is 12.4 Å². The lowest BCUT2D eigenvalue weighted by molar-refractivity contribution is -0.111. The van der Waals surface area contributed by atoms with Crippen molar-refractivity contribution in [1.29, 1.82) is 0 Å². The number of hydrogen-bond acceptors (Lipinski definition) is 5. The highest BCUT2D eigenvalue weighted by Gasteiger charge is 2.32. The van der Waals surface area contributed by atoms with Gasteiger partial charge in [-0.25, -0.2) is 4.98 Å². The summed E-state index contributed by atoms with van der Waals surface area (Å²) in [4.78, 5) is 40.9. The maximum Gasteiger partial charge on any atom is 0.261 e. The average molecular weight is 327 g/mol. The summed E-state index contributed by atoms with van der Waals surface area (Å²) in [5.74, 6) is -1.03. The smallest absolute Gasteiger partial charge is 0.261 e. The fourth-order valence-electron chi connectivity index (χ4n) is 2.24. The molecule has 0 unspecified atom stereocenters. The zero-order valence-electron chi connectivity index (χ0n) is 12.5. The monoisotopic (exact) mass is 327 g/mol. The van der Waals surface area contributed by atoms with Crippen LogP contribution in [0.4, 0.5) is 5.69 Å². The minimum Gasteiger partial charge on any atom is -0.322 e. The van der Waals surface area contributed by atoms with E-state index in [-0.39, 0.29) is 17.7 Å². The van der Waals surface area contributed by atoms with Gasteiger partial charge in [0.05, 0.1) is 21.8 Å². The van der Waals surface area contributed by atoms with Crippen molar-refractivity contribution in [1.82, 2.24) is 9.88 Å². The number of nitrogens with zero attached hydrogens (tertiary/aromatic N) is 2. The Kier molecular flexibility index (Phi) is 3.79. The third-order valence-corrected chi connectivity index (χ3v) is 4.19. The van der Waals surface area contributed by atoms with E-state index in [0.29, 0.717) is 16.8 Å². The average Bonchev–Trinajstić information content (AvgIpc) is 3.04. The van der Waals surface area contributed by atoms with Crippen molar-refractivity contribution < 1.29 is 14.4 Å². The van der Waals surface area contributed by atoms with E-state index in [0.717, 1.165) is 15.6 Å². The van der Waals surface area contributed by atoms with Gasteiger partial charge in [-0.2, -0.15) is 0 Å². The molecule has 2 aromatic rings. The predicted molar refractivity (Wildman–Crippen MR) is 87.4 cm³/mol. The first-order chi connectivity index (χ1) is 11.0. The third-order valence-electron chi connectivity index (χ3n) is 3.40. The summed E-state index contributed by atoms with van der Waals surface area (Å²) in [6.45, 7) is 1.89. The van der Waals surface area contributed by atoms with Gasteiger partial charge in [0, 0.05) is 24.2 Å². The lowest BCUT2D eigenvalue weighted by Crippen LogP contribution is -2.24. The number of thiazole rings is 1. The van der Waals surface area contributed by atoms with Crippen molar-refractivity contribution in [2.24, 2.45) is 0 Å². The highest BCUT2D eigenvalue weighted by atomic mass is 32.1. The van der Waals surface area contributed by atoms with E-state index in [4.69, 9.17) is 0 Å². The van der Waals surface area contributed by atoms with E-state index in [1.54, 1.807) is 18.2 Å². The molecule has 3 rings (SSSR count). The number of nitrogens with one attached hydrogen (secondary N) is 1. The molecular formula is C16H13N3O3S. The summed E-state index contributed by atoms with van der Waals surface area (Å²) >= 11 is 1.51. The first-order valence-corrected chi connectivity index (χ1v) is 7.71. The Balaban J connectivity index is 1.74. The number of rotatable bonds is 3. The highest BCUT2D eigenvalue weighted by molar-refractivity contribution is 7.09. The Morgan fingerprint density at radius 2 is 2.00 bits per heavy atom. The third kappa shape index (κ3) is 2.91. The van der Waals surface area contributed by atoms with Crippen LogP contribution in [0.1, 0.15) is 31.4 Å². The van der Waals surface area contributed by atoms with E-state index in [9.17, 15) is 14.4 Å². The fraction of sp³-hybridized carbons (Fsp3) is 0.125. The number of anilines is 1. The van der Waals surface area contributed by atoms with Gasteiger partial charge in [0.2, 0.25) is 5.91 Å². The molecule has 1 N–H and O–H groups in total. The molecule has 0 atom stereocenters. The maximum atomic E-state index is 11.9. The summed E-state index contributed by atoms with van der Waals surface area (Å²) in [7, 11) is 1.43. The molecular weight excluding hydrogens is 314 g/mol. The van der Waals surface area contributed by atoms with Gasteiger partial charge < -0.3 is 5.32 Å². The van der Waals surface area contributed by atoms with Crippen LogP contribution in [0.2, 0.25) is 0 Å². The molecule has 1 aromatic carbocycles. The summed E-state index contributed by atoms with van der Waals surface area (Å²) in [5.41, 5.74) is 1.83. The quantitative estimate of drug-likeness (QED) is 0.693. The number of amides is 3. The van der Waals surface area contributed by atoms with Gasteiger partial charge in [-0.1, -0.05) is 0 Å². The minimum absolute atomic E-state index is 0.300. The lowest BCUT2D eigenvalue weighted by atomic mass is 10.1. The van der Waals surface area contributed by atoms with E-state index in [2.05, 4.69) is 10.3 Å². The molecule has 3 amide bonds. The fourth-order valence-corrected chi connectivity index (χ4v) is 2.82. The van der Waals surface area contributed by atoms with Crippen LogP contribution in [0.3, 0.4) is 0 Å². The summed E-state index contributed by atoms with van der Waals surface area (Å²) in [6, 6.07) is 4.65. The molecule has 0 saturated carbocycles. The zero-order valence-corrected chi connectivity index (χ0v) is 13.3. The van der Waals surface area contributed by atoms with Gasteiger partial charge in [0.25, 0.3) is 11.8 Å². The summed E-state index contributed by atoms with van der Waals surface area (Å²) in [5, 5.41) is 5.45. The number of imide groups is 1. The molecule has 0 spiro atoms. The molecule has 0 fully saturated rings. The number of aromatic nitrogens is 1. The largest absolute Gasteiger partial charge is 0.322 e. The molecule has 6 nitrogen and oxygen atoms in total. The summed E-state index contributed by atoms with van der Waals surface area (Å²) < 4.78 is 0. The first-order valence-electron chi connectivity index (χ1n) is 6.83. The van der Waals surface area contributed by atoms with Crippen molar-refractivity contribution in [3.63, 3.8) is 0 Å². The number of hydrogen-bond donors (Lipinski definition) is 1. The molecule has 1 aliphatic rings. The molecule has 0 aliphatic carbocycles. The van der Waals surface area contributed by atoms with E-state index in [1.807, 2.05) is 12.3 Å². The minimum atomic E-state index is -0.366. The van der Waals surface area contributed by atoms with E-state index in [1.165, 1.54) is 30.5 Å². The van der Waals surface area contributed by atoms with E-state index < -0.39 is 0 Å². The Labute approximate surface area is 136 Å². The van der Waals surface area contributed by atoms with Gasteiger partial charge >= 0.3 is 0 Å². The molecule has 1 aromatic heterocycles. The van der Waals surface area contributed by atoms with Crippen LogP contribution in [-0.2, 0) is 4.79 Å².